The summed E-state index contributed by atoms with van der Waals surface area (Å²) in [5.41, 5.74) is 3.63. The van der Waals surface area contributed by atoms with Crippen molar-refractivity contribution in [2.24, 2.45) is 5.92 Å². The van der Waals surface area contributed by atoms with Crippen LogP contribution in [0, 0.1) is 5.92 Å². The zero-order chi connectivity index (χ0) is 15.4. The molecule has 0 saturated heterocycles. The van der Waals surface area contributed by atoms with E-state index in [1.54, 1.807) is 0 Å². The van der Waals surface area contributed by atoms with Gasteiger partial charge in [-0.1, -0.05) is 60.7 Å². The van der Waals surface area contributed by atoms with Crippen molar-refractivity contribution in [2.45, 2.75) is 25.0 Å². The average molecular weight is 293 g/mol. The molecule has 0 heterocycles. The molecule has 0 aromatic heterocycles. The predicted octanol–water partition coefficient (Wildman–Crippen LogP) is 3.80. The Kier molecular flexibility index (Phi) is 4.71. The summed E-state index contributed by atoms with van der Waals surface area (Å²) in [7, 11) is 0. The van der Waals surface area contributed by atoms with Gasteiger partial charge in [0.05, 0.1) is 6.10 Å². The van der Waals surface area contributed by atoms with Crippen molar-refractivity contribution in [3.8, 4) is 0 Å². The van der Waals surface area contributed by atoms with E-state index in [0.29, 0.717) is 0 Å². The monoisotopic (exact) mass is 293 g/mol. The lowest BCUT2D eigenvalue weighted by atomic mass is 9.95. The fraction of sp³-hybridized carbons (Fsp3) is 0.300. The highest BCUT2D eigenvalue weighted by Crippen LogP contribution is 2.45. The summed E-state index contributed by atoms with van der Waals surface area (Å²) in [6, 6.07) is 18.9. The predicted molar refractivity (Wildman–Crippen MR) is 90.6 cm³/mol. The van der Waals surface area contributed by atoms with Gasteiger partial charge >= 0.3 is 0 Å². The van der Waals surface area contributed by atoms with E-state index in [0.717, 1.165) is 24.9 Å². The molecule has 2 aromatic carbocycles. The van der Waals surface area contributed by atoms with Crippen LogP contribution in [0.2, 0.25) is 0 Å². The van der Waals surface area contributed by atoms with Crippen molar-refractivity contribution in [2.75, 3.05) is 6.54 Å². The van der Waals surface area contributed by atoms with Gasteiger partial charge in [-0.3, -0.25) is 0 Å². The van der Waals surface area contributed by atoms with Gasteiger partial charge in [-0.05, 0) is 36.1 Å². The highest BCUT2D eigenvalue weighted by Gasteiger charge is 2.38. The van der Waals surface area contributed by atoms with Crippen LogP contribution in [0.3, 0.4) is 0 Å². The zero-order valence-electron chi connectivity index (χ0n) is 12.8. The van der Waals surface area contributed by atoms with Crippen molar-refractivity contribution in [1.82, 2.24) is 5.32 Å². The normalized spacial score (nSPS) is 23.2. The maximum Gasteiger partial charge on any atom is 0.0842 e. The first kappa shape index (κ1) is 15.0. The van der Waals surface area contributed by atoms with Gasteiger partial charge < -0.3 is 10.4 Å². The van der Waals surface area contributed by atoms with Crippen molar-refractivity contribution >= 4 is 0 Å². The highest BCUT2D eigenvalue weighted by molar-refractivity contribution is 5.38. The Morgan fingerprint density at radius 1 is 1.00 bits per heavy atom. The van der Waals surface area contributed by atoms with E-state index >= 15 is 0 Å². The van der Waals surface area contributed by atoms with Crippen LogP contribution in [-0.2, 0) is 6.42 Å². The van der Waals surface area contributed by atoms with Crippen LogP contribution in [0.1, 0.15) is 35.3 Å². The van der Waals surface area contributed by atoms with Gasteiger partial charge in [-0.15, -0.1) is 6.58 Å². The standard InChI is InChI=1S/C20H23NO/c1-2-8-18-19(16-11-6-7-12-17(16)20(18)22)21-14-13-15-9-4-3-5-10-15/h2-7,9-12,18-22H,1,8,13-14H2. The SMILES string of the molecule is C=CCC1C(O)c2ccccc2C1NCCc1ccccc1. The third-order valence-electron chi connectivity index (χ3n) is 4.54. The number of allylic oxidation sites excluding steroid dienone is 1. The Labute approximate surface area is 132 Å². The third kappa shape index (κ3) is 2.99. The molecule has 0 bridgehead atoms. The largest absolute Gasteiger partial charge is 0.388 e. The second-order valence-electron chi connectivity index (χ2n) is 5.93. The molecule has 2 nitrogen and oxygen atoms in total. The second-order valence-corrected chi connectivity index (χ2v) is 5.93. The van der Waals surface area contributed by atoms with Gasteiger partial charge in [0.15, 0.2) is 0 Å². The lowest BCUT2D eigenvalue weighted by molar-refractivity contribution is 0.105. The molecule has 1 aliphatic carbocycles. The number of hydrogen-bond acceptors (Lipinski definition) is 2. The molecule has 114 valence electrons. The summed E-state index contributed by atoms with van der Waals surface area (Å²) in [6.45, 7) is 4.75. The van der Waals surface area contributed by atoms with Crippen LogP contribution in [0.25, 0.3) is 0 Å². The molecule has 3 unspecified atom stereocenters. The molecule has 2 aromatic rings. The summed E-state index contributed by atoms with van der Waals surface area (Å²) < 4.78 is 0. The molecule has 0 radical (unpaired) electrons. The topological polar surface area (TPSA) is 32.3 Å². The Morgan fingerprint density at radius 3 is 2.41 bits per heavy atom. The number of benzene rings is 2. The molecule has 0 spiro atoms. The van der Waals surface area contributed by atoms with E-state index in [1.165, 1.54) is 11.1 Å². The molecular weight excluding hydrogens is 270 g/mol. The smallest absolute Gasteiger partial charge is 0.0842 e. The quantitative estimate of drug-likeness (QED) is 0.794. The number of hydrogen-bond donors (Lipinski definition) is 2. The Balaban J connectivity index is 1.71. The molecule has 3 atom stereocenters. The molecular formula is C20H23NO. The van der Waals surface area contributed by atoms with Crippen LogP contribution < -0.4 is 5.32 Å². The van der Waals surface area contributed by atoms with Crippen molar-refractivity contribution in [3.05, 3.63) is 83.9 Å². The summed E-state index contributed by atoms with van der Waals surface area (Å²) >= 11 is 0. The Morgan fingerprint density at radius 2 is 1.68 bits per heavy atom. The third-order valence-corrected chi connectivity index (χ3v) is 4.54. The minimum absolute atomic E-state index is 0.172. The molecule has 0 amide bonds. The summed E-state index contributed by atoms with van der Waals surface area (Å²) in [5, 5.41) is 14.2. The number of fused-ring (bicyclic) bond motifs is 1. The van der Waals surface area contributed by atoms with Crippen molar-refractivity contribution in [3.63, 3.8) is 0 Å². The first-order valence-electron chi connectivity index (χ1n) is 7.96. The molecule has 0 saturated carbocycles. The van der Waals surface area contributed by atoms with Crippen LogP contribution in [0.15, 0.2) is 67.3 Å². The van der Waals surface area contributed by atoms with E-state index in [2.05, 4.69) is 42.2 Å². The van der Waals surface area contributed by atoms with E-state index in [4.69, 9.17) is 0 Å². The van der Waals surface area contributed by atoms with Gasteiger partial charge in [-0.2, -0.15) is 0 Å². The molecule has 2 heteroatoms. The first-order chi connectivity index (χ1) is 10.8. The van der Waals surface area contributed by atoms with E-state index in [1.807, 2.05) is 30.3 Å². The van der Waals surface area contributed by atoms with Crippen molar-refractivity contribution < 1.29 is 5.11 Å². The van der Waals surface area contributed by atoms with E-state index in [9.17, 15) is 5.11 Å². The van der Waals surface area contributed by atoms with Gasteiger partial charge in [0.2, 0.25) is 0 Å². The summed E-state index contributed by atoms with van der Waals surface area (Å²) in [5.74, 6) is 0.172. The van der Waals surface area contributed by atoms with E-state index in [-0.39, 0.29) is 12.0 Å². The maximum absolute atomic E-state index is 10.6. The lowest BCUT2D eigenvalue weighted by Crippen LogP contribution is -2.28. The highest BCUT2D eigenvalue weighted by atomic mass is 16.3. The van der Waals surface area contributed by atoms with Crippen molar-refractivity contribution in [1.29, 1.82) is 0 Å². The van der Waals surface area contributed by atoms with Crippen LogP contribution in [0.4, 0.5) is 0 Å². The fourth-order valence-corrected chi connectivity index (χ4v) is 3.44. The van der Waals surface area contributed by atoms with Gasteiger partial charge in [0.25, 0.3) is 0 Å². The molecule has 1 aliphatic rings. The molecule has 0 aliphatic heterocycles. The zero-order valence-corrected chi connectivity index (χ0v) is 12.8. The first-order valence-corrected chi connectivity index (χ1v) is 7.96. The molecule has 22 heavy (non-hydrogen) atoms. The average Bonchev–Trinajstić information content (AvgIpc) is 2.82. The van der Waals surface area contributed by atoms with Gasteiger partial charge in [-0.25, -0.2) is 0 Å². The Bertz CT molecular complexity index is 623. The second kappa shape index (κ2) is 6.91. The van der Waals surface area contributed by atoms with Crippen LogP contribution >= 0.6 is 0 Å². The van der Waals surface area contributed by atoms with Gasteiger partial charge in [0.1, 0.15) is 0 Å². The van der Waals surface area contributed by atoms with Crippen LogP contribution in [0.5, 0.6) is 0 Å². The number of rotatable bonds is 6. The fourth-order valence-electron chi connectivity index (χ4n) is 3.44. The number of aliphatic hydroxyl groups is 1. The van der Waals surface area contributed by atoms with Crippen LogP contribution in [-0.4, -0.2) is 11.7 Å². The minimum atomic E-state index is -0.400. The number of aliphatic hydroxyl groups excluding tert-OH is 1. The molecule has 3 rings (SSSR count). The lowest BCUT2D eigenvalue weighted by Gasteiger charge is -2.23. The Hall–Kier alpha value is -1.90. The minimum Gasteiger partial charge on any atom is -0.388 e. The summed E-state index contributed by atoms with van der Waals surface area (Å²) in [4.78, 5) is 0. The maximum atomic E-state index is 10.6. The van der Waals surface area contributed by atoms with E-state index < -0.39 is 6.10 Å². The van der Waals surface area contributed by atoms with Gasteiger partial charge in [0, 0.05) is 12.0 Å². The number of nitrogens with one attached hydrogen (secondary N) is 1. The summed E-state index contributed by atoms with van der Waals surface area (Å²) in [6.07, 6.45) is 3.32. The molecule has 2 N–H and O–H groups in total. The molecule has 0 fully saturated rings.